The monoisotopic (exact) mass is 784 g/mol. The second kappa shape index (κ2) is 20.5. The van der Waals surface area contributed by atoms with E-state index < -0.39 is 12.1 Å². The number of fused-ring (bicyclic) bond motifs is 1. The topological polar surface area (TPSA) is 154 Å². The van der Waals surface area contributed by atoms with Crippen LogP contribution in [0.3, 0.4) is 0 Å². The maximum Gasteiger partial charge on any atom is 0.407 e. The van der Waals surface area contributed by atoms with Crippen LogP contribution in [0.2, 0.25) is 0 Å². The van der Waals surface area contributed by atoms with E-state index >= 15 is 0 Å². The zero-order valence-corrected chi connectivity index (χ0v) is 34.6. The third-order valence-corrected chi connectivity index (χ3v) is 9.73. The van der Waals surface area contributed by atoms with Crippen LogP contribution in [0.15, 0.2) is 55.0 Å². The summed E-state index contributed by atoms with van der Waals surface area (Å²) in [6.07, 6.45) is 7.37. The summed E-state index contributed by atoms with van der Waals surface area (Å²) >= 11 is 0. The molecule has 15 heteroatoms. The molecule has 12 nitrogen and oxygen atoms in total. The molecule has 5 rings (SSSR count). The molecule has 1 unspecified atom stereocenters. The zero-order chi connectivity index (χ0) is 35.9. The molecule has 1 fully saturated rings. The van der Waals surface area contributed by atoms with Crippen LogP contribution in [0.5, 0.6) is 0 Å². The highest BCUT2D eigenvalue weighted by atomic mass is 32.1. The highest BCUT2D eigenvalue weighted by Gasteiger charge is 2.35. The first-order valence-electron chi connectivity index (χ1n) is 17.6. The number of hydrogen-bond acceptors (Lipinski definition) is 8. The average molecular weight is 785 g/mol. The van der Waals surface area contributed by atoms with Crippen LogP contribution >= 0.6 is 40.5 Å². The van der Waals surface area contributed by atoms with E-state index in [0.29, 0.717) is 24.8 Å². The Hall–Kier alpha value is -3.95. The Balaban J connectivity index is 0.00000324. The van der Waals surface area contributed by atoms with Gasteiger partial charge in [-0.25, -0.2) is 19.7 Å². The normalized spacial score (nSPS) is 15.4. The van der Waals surface area contributed by atoms with Gasteiger partial charge in [0.2, 0.25) is 17.8 Å². The number of likely N-dealkylation sites (tertiary alicyclic amines) is 1. The number of ether oxygens (including phenoxy) is 1. The number of benzene rings is 2. The Kier molecular flexibility index (Phi) is 17.5. The number of alkyl carbamates (subject to hydrolysis) is 1. The fourth-order valence-electron chi connectivity index (χ4n) is 6.20. The van der Waals surface area contributed by atoms with Gasteiger partial charge in [0.25, 0.3) is 0 Å². The molecule has 0 radical (unpaired) electrons. The molecule has 4 atom stereocenters. The van der Waals surface area contributed by atoms with E-state index in [-0.39, 0.29) is 76.2 Å². The lowest BCUT2D eigenvalue weighted by molar-refractivity contribution is -0.137. The number of nitrogens with zero attached hydrogens (tertiary/aromatic N) is 4. The number of anilines is 1. The van der Waals surface area contributed by atoms with Gasteiger partial charge in [-0.05, 0) is 59.6 Å². The number of H-pyrrole nitrogens is 1. The largest absolute Gasteiger partial charge is 0.453 e. The van der Waals surface area contributed by atoms with Gasteiger partial charge in [0.1, 0.15) is 11.9 Å². The van der Waals surface area contributed by atoms with Gasteiger partial charge >= 0.3 is 6.09 Å². The highest BCUT2D eigenvalue weighted by Crippen LogP contribution is 2.34. The van der Waals surface area contributed by atoms with Crippen LogP contribution < -0.4 is 16.0 Å². The number of carbonyl (C=O) groups is 3. The molecule has 1 saturated heterocycles. The number of amides is 3. The zero-order valence-electron chi connectivity index (χ0n) is 31.6. The van der Waals surface area contributed by atoms with Gasteiger partial charge in [-0.15, -0.1) is 0 Å². The van der Waals surface area contributed by atoms with Crippen LogP contribution in [0.25, 0.3) is 33.2 Å². The third kappa shape index (κ3) is 11.0. The minimum atomic E-state index is -0.705. The number of aromatic amines is 1. The van der Waals surface area contributed by atoms with Crippen LogP contribution in [-0.2, 0) is 14.3 Å². The van der Waals surface area contributed by atoms with Crippen LogP contribution in [-0.4, -0.2) is 75.0 Å². The molecule has 2 aromatic carbocycles. The van der Waals surface area contributed by atoms with E-state index in [0.717, 1.165) is 58.4 Å². The molecule has 1 aliphatic heterocycles. The van der Waals surface area contributed by atoms with Crippen LogP contribution in [0.1, 0.15) is 72.7 Å². The maximum atomic E-state index is 13.2. The lowest BCUT2D eigenvalue weighted by Gasteiger charge is -2.27. The molecule has 2 aromatic heterocycles. The van der Waals surface area contributed by atoms with Crippen molar-refractivity contribution in [3.63, 3.8) is 0 Å². The molecule has 4 N–H and O–H groups in total. The summed E-state index contributed by atoms with van der Waals surface area (Å²) in [5.74, 6) is 1.41. The number of carbonyl (C=O) groups excluding carboxylic acids is 3. The summed E-state index contributed by atoms with van der Waals surface area (Å²) in [5, 5.41) is 11.0. The minimum Gasteiger partial charge on any atom is -0.453 e. The first-order valence-corrected chi connectivity index (χ1v) is 17.6. The van der Waals surface area contributed by atoms with E-state index in [1.165, 1.54) is 7.11 Å². The van der Waals surface area contributed by atoms with Crippen molar-refractivity contribution in [1.82, 2.24) is 35.5 Å². The van der Waals surface area contributed by atoms with Gasteiger partial charge in [0.05, 0.1) is 25.0 Å². The van der Waals surface area contributed by atoms with E-state index in [2.05, 4.69) is 85.9 Å². The van der Waals surface area contributed by atoms with Gasteiger partial charge in [0, 0.05) is 48.6 Å². The molecule has 53 heavy (non-hydrogen) atoms. The van der Waals surface area contributed by atoms with E-state index in [1.807, 2.05) is 38.8 Å². The van der Waals surface area contributed by atoms with E-state index in [1.54, 1.807) is 12.4 Å². The molecule has 0 saturated carbocycles. The second-order valence-corrected chi connectivity index (χ2v) is 13.8. The predicted molar refractivity (Wildman–Crippen MR) is 226 cm³/mol. The molecular formula is C38H56N8O4S3. The first-order chi connectivity index (χ1) is 24.0. The standard InChI is InChI=1S/C38H50N8O4.3H2S/c1-8-30(43-35(47)33(23(4)5)45-38(49)50-7)20-42-37-40-18-29(19-41-37)27-12-11-26-17-28(14-13-25(26)16-27)31-21-39-34(44-31)32-10-9-15-46(32)36(48)24(6)22(2)3;;;/h11-14,16-19,21-24,30,32-33H,8-10,15,20H2,1-7H3,(H,39,44)(H,43,47)(H,45,49)(H,40,41,42);3*1H2/t24-,30?,32-,33-;;;/m0.../s1. The number of rotatable bonds is 13. The molecule has 1 aliphatic rings. The quantitative estimate of drug-likeness (QED) is 0.117. The lowest BCUT2D eigenvalue weighted by atomic mass is 9.96. The number of nitrogens with one attached hydrogen (secondary N) is 4. The Morgan fingerprint density at radius 2 is 1.51 bits per heavy atom. The summed E-state index contributed by atoms with van der Waals surface area (Å²) in [5.41, 5.74) is 3.85. The maximum absolute atomic E-state index is 13.2. The SMILES string of the molecule is CCC(CNc1ncc(-c2ccc3cc(-c4cnc([C@@H]5CCCN5C(=O)[C@@H](C)C(C)C)[nH]4)ccc3c2)cn1)NC(=O)[C@@H](NC(=O)OC)C(C)C.S.S.S. The van der Waals surface area contributed by atoms with Gasteiger partial charge in [0.15, 0.2) is 0 Å². The van der Waals surface area contributed by atoms with Crippen molar-refractivity contribution in [3.8, 4) is 22.4 Å². The summed E-state index contributed by atoms with van der Waals surface area (Å²) in [6, 6.07) is 11.7. The van der Waals surface area contributed by atoms with Crippen molar-refractivity contribution in [2.75, 3.05) is 25.5 Å². The van der Waals surface area contributed by atoms with Crippen molar-refractivity contribution < 1.29 is 19.1 Å². The van der Waals surface area contributed by atoms with Gasteiger partial charge < -0.3 is 30.6 Å². The van der Waals surface area contributed by atoms with Gasteiger partial charge in [-0.3, -0.25) is 9.59 Å². The molecule has 290 valence electrons. The summed E-state index contributed by atoms with van der Waals surface area (Å²) in [4.78, 5) is 57.0. The summed E-state index contributed by atoms with van der Waals surface area (Å²) in [7, 11) is 1.27. The molecular weight excluding hydrogens is 729 g/mol. The Bertz CT molecular complexity index is 1800. The molecule has 3 heterocycles. The van der Waals surface area contributed by atoms with Gasteiger partial charge in [-0.2, -0.15) is 40.5 Å². The first kappa shape index (κ1) is 45.2. The molecule has 0 aliphatic carbocycles. The number of methoxy groups -OCH3 is 1. The number of hydrogen-bond donors (Lipinski definition) is 4. The second-order valence-electron chi connectivity index (χ2n) is 13.8. The number of aromatic nitrogens is 4. The number of imidazole rings is 1. The Morgan fingerprint density at radius 3 is 2.11 bits per heavy atom. The van der Waals surface area contributed by atoms with Crippen LogP contribution in [0, 0.1) is 17.8 Å². The van der Waals surface area contributed by atoms with Gasteiger partial charge in [-0.1, -0.05) is 65.8 Å². The van der Waals surface area contributed by atoms with E-state index in [4.69, 9.17) is 4.98 Å². The third-order valence-electron chi connectivity index (χ3n) is 9.73. The molecule has 4 aromatic rings. The fraction of sp³-hybridized carbons (Fsp3) is 0.474. The predicted octanol–water partition coefficient (Wildman–Crippen LogP) is 6.67. The minimum absolute atomic E-state index is 0. The van der Waals surface area contributed by atoms with Crippen molar-refractivity contribution in [2.45, 2.75) is 78.9 Å². The Labute approximate surface area is 333 Å². The molecule has 3 amide bonds. The van der Waals surface area contributed by atoms with Crippen molar-refractivity contribution in [3.05, 3.63) is 60.8 Å². The van der Waals surface area contributed by atoms with Crippen molar-refractivity contribution in [1.29, 1.82) is 0 Å². The van der Waals surface area contributed by atoms with Crippen molar-refractivity contribution >= 4 is 75.1 Å². The fourth-order valence-corrected chi connectivity index (χ4v) is 6.20. The van der Waals surface area contributed by atoms with Crippen molar-refractivity contribution in [2.24, 2.45) is 17.8 Å². The van der Waals surface area contributed by atoms with Crippen LogP contribution in [0.4, 0.5) is 10.7 Å². The smallest absolute Gasteiger partial charge is 0.407 e. The average Bonchev–Trinajstić information content (AvgIpc) is 3.81. The lowest BCUT2D eigenvalue weighted by Crippen LogP contribution is -2.53. The summed E-state index contributed by atoms with van der Waals surface area (Å²) in [6.45, 7) is 13.1. The molecule has 0 bridgehead atoms. The molecule has 0 spiro atoms. The summed E-state index contributed by atoms with van der Waals surface area (Å²) < 4.78 is 4.66. The van der Waals surface area contributed by atoms with E-state index in [9.17, 15) is 14.4 Å². The Morgan fingerprint density at radius 1 is 0.868 bits per heavy atom. The highest BCUT2D eigenvalue weighted by molar-refractivity contribution is 7.59.